The molecule has 1 aliphatic rings. The van der Waals surface area contributed by atoms with E-state index in [1.54, 1.807) is 12.1 Å². The number of amides is 1. The van der Waals surface area contributed by atoms with E-state index >= 15 is 0 Å². The molecule has 4 heteroatoms. The summed E-state index contributed by atoms with van der Waals surface area (Å²) < 4.78 is 19.4. The maximum atomic E-state index is 14.3. The second-order valence-electron chi connectivity index (χ2n) is 5.34. The van der Waals surface area contributed by atoms with Gasteiger partial charge in [0.05, 0.1) is 12.2 Å². The zero-order valence-corrected chi connectivity index (χ0v) is 12.0. The fourth-order valence-electron chi connectivity index (χ4n) is 2.45. The Morgan fingerprint density at radius 2 is 1.90 bits per heavy atom. The van der Waals surface area contributed by atoms with Crippen molar-refractivity contribution >= 4 is 11.8 Å². The summed E-state index contributed by atoms with van der Waals surface area (Å²) in [7, 11) is 0. The molecule has 0 bridgehead atoms. The van der Waals surface area contributed by atoms with Crippen LogP contribution in [-0.4, -0.2) is 18.7 Å². The minimum Gasteiger partial charge on any atom is -0.444 e. The van der Waals surface area contributed by atoms with Crippen LogP contribution in [0.25, 0.3) is 11.1 Å². The minimum atomic E-state index is -0.426. The molecule has 0 aromatic heterocycles. The van der Waals surface area contributed by atoms with E-state index in [2.05, 4.69) is 0 Å². The summed E-state index contributed by atoms with van der Waals surface area (Å²) in [5.41, 5.74) is 3.00. The zero-order chi connectivity index (χ0) is 15.0. The van der Waals surface area contributed by atoms with Crippen molar-refractivity contribution in [3.63, 3.8) is 0 Å². The number of benzene rings is 2. The average Bonchev–Trinajstić information content (AvgIpc) is 2.79. The molecule has 1 heterocycles. The summed E-state index contributed by atoms with van der Waals surface area (Å²) >= 11 is 0. The van der Waals surface area contributed by atoms with E-state index in [0.29, 0.717) is 17.8 Å². The molecule has 0 aliphatic carbocycles. The minimum absolute atomic E-state index is 0.169. The molecular weight excluding hydrogens is 269 g/mol. The van der Waals surface area contributed by atoms with Gasteiger partial charge in [0.2, 0.25) is 0 Å². The maximum Gasteiger partial charge on any atom is 0.414 e. The molecule has 108 valence electrons. The van der Waals surface area contributed by atoms with Crippen molar-refractivity contribution in [1.29, 1.82) is 0 Å². The number of carbonyl (C=O) groups excluding carboxylic acids is 1. The van der Waals surface area contributed by atoms with E-state index < -0.39 is 6.09 Å². The van der Waals surface area contributed by atoms with Gasteiger partial charge in [-0.3, -0.25) is 4.90 Å². The maximum absolute atomic E-state index is 14.3. The van der Waals surface area contributed by atoms with Crippen LogP contribution in [0.5, 0.6) is 0 Å². The third-order valence-corrected chi connectivity index (χ3v) is 3.59. The first-order chi connectivity index (χ1) is 10.0. The summed E-state index contributed by atoms with van der Waals surface area (Å²) in [5.74, 6) is -0.344. The van der Waals surface area contributed by atoms with Crippen LogP contribution in [-0.2, 0) is 4.74 Å². The van der Waals surface area contributed by atoms with Crippen molar-refractivity contribution in [3.05, 3.63) is 53.8 Å². The van der Waals surface area contributed by atoms with Crippen LogP contribution < -0.4 is 4.90 Å². The van der Waals surface area contributed by atoms with Crippen LogP contribution >= 0.6 is 0 Å². The van der Waals surface area contributed by atoms with Gasteiger partial charge in [0.15, 0.2) is 0 Å². The molecule has 1 fully saturated rings. The third-order valence-electron chi connectivity index (χ3n) is 3.59. The molecular formula is C17H16FNO2. The number of hydrogen-bond donors (Lipinski definition) is 0. The van der Waals surface area contributed by atoms with Crippen LogP contribution in [0.4, 0.5) is 14.9 Å². The highest BCUT2D eigenvalue weighted by Crippen LogP contribution is 2.29. The molecule has 1 amide bonds. The molecule has 3 nitrogen and oxygen atoms in total. The van der Waals surface area contributed by atoms with Gasteiger partial charge >= 0.3 is 6.09 Å². The molecule has 3 rings (SSSR count). The number of carbonyl (C=O) groups is 1. The molecule has 1 atom stereocenters. The molecule has 2 aromatic carbocycles. The summed E-state index contributed by atoms with van der Waals surface area (Å²) in [6.45, 7) is 4.25. The average molecular weight is 285 g/mol. The number of halogens is 1. The Kier molecular flexibility index (Phi) is 3.37. The lowest BCUT2D eigenvalue weighted by molar-refractivity contribution is 0.150. The van der Waals surface area contributed by atoms with E-state index in [-0.39, 0.29) is 11.9 Å². The lowest BCUT2D eigenvalue weighted by Crippen LogP contribution is -2.24. The fourth-order valence-corrected chi connectivity index (χ4v) is 2.45. The number of ether oxygens (including phenoxy) is 1. The summed E-state index contributed by atoms with van der Waals surface area (Å²) in [6, 6.07) is 12.5. The Balaban J connectivity index is 1.93. The van der Waals surface area contributed by atoms with Crippen molar-refractivity contribution in [2.45, 2.75) is 20.0 Å². The van der Waals surface area contributed by atoms with E-state index in [4.69, 9.17) is 4.74 Å². The van der Waals surface area contributed by atoms with Crippen LogP contribution in [0.2, 0.25) is 0 Å². The fraction of sp³-hybridized carbons (Fsp3) is 0.235. The predicted octanol–water partition coefficient (Wildman–Crippen LogP) is 4.15. The standard InChI is InChI=1S/C17H16FNO2/c1-11-3-5-13(6-4-11)15-8-7-14(9-16(15)18)19-10-12(2)21-17(19)20/h3-9,12H,10H2,1-2H3. The highest BCUT2D eigenvalue weighted by molar-refractivity contribution is 5.90. The molecule has 2 aromatic rings. The van der Waals surface area contributed by atoms with Gasteiger partial charge in [0.25, 0.3) is 0 Å². The molecule has 0 spiro atoms. The van der Waals surface area contributed by atoms with E-state index in [0.717, 1.165) is 11.1 Å². The van der Waals surface area contributed by atoms with Crippen molar-refractivity contribution in [2.75, 3.05) is 11.4 Å². The summed E-state index contributed by atoms with van der Waals surface area (Å²) in [6.07, 6.45) is -0.595. The summed E-state index contributed by atoms with van der Waals surface area (Å²) in [4.78, 5) is 13.1. The van der Waals surface area contributed by atoms with Crippen LogP contribution in [0.15, 0.2) is 42.5 Å². The number of aryl methyl sites for hydroxylation is 1. The van der Waals surface area contributed by atoms with Crippen LogP contribution in [0, 0.1) is 12.7 Å². The first kappa shape index (κ1) is 13.6. The Bertz CT molecular complexity index is 682. The van der Waals surface area contributed by atoms with Gasteiger partial charge < -0.3 is 4.74 Å². The van der Waals surface area contributed by atoms with Gasteiger partial charge in [-0.1, -0.05) is 29.8 Å². The van der Waals surface area contributed by atoms with Gasteiger partial charge in [-0.05, 0) is 37.6 Å². The van der Waals surface area contributed by atoms with Gasteiger partial charge in [0.1, 0.15) is 11.9 Å². The van der Waals surface area contributed by atoms with Crippen LogP contribution in [0.3, 0.4) is 0 Å². The van der Waals surface area contributed by atoms with Crippen molar-refractivity contribution in [1.82, 2.24) is 0 Å². The molecule has 1 aliphatic heterocycles. The first-order valence-electron chi connectivity index (χ1n) is 6.89. The van der Waals surface area contributed by atoms with Gasteiger partial charge in [0, 0.05) is 5.56 Å². The van der Waals surface area contributed by atoms with Crippen molar-refractivity contribution in [3.8, 4) is 11.1 Å². The number of anilines is 1. The Morgan fingerprint density at radius 3 is 2.48 bits per heavy atom. The normalized spacial score (nSPS) is 18.0. The molecule has 21 heavy (non-hydrogen) atoms. The predicted molar refractivity (Wildman–Crippen MR) is 79.9 cm³/mol. The quantitative estimate of drug-likeness (QED) is 0.829. The zero-order valence-electron chi connectivity index (χ0n) is 12.0. The number of rotatable bonds is 2. The first-order valence-corrected chi connectivity index (χ1v) is 6.89. The van der Waals surface area contributed by atoms with E-state index in [1.165, 1.54) is 11.0 Å². The Hall–Kier alpha value is -2.36. The van der Waals surface area contributed by atoms with E-state index in [9.17, 15) is 9.18 Å². The van der Waals surface area contributed by atoms with Crippen LogP contribution in [0.1, 0.15) is 12.5 Å². The largest absolute Gasteiger partial charge is 0.444 e. The second-order valence-corrected chi connectivity index (χ2v) is 5.34. The number of nitrogens with zero attached hydrogens (tertiary/aromatic N) is 1. The number of hydrogen-bond acceptors (Lipinski definition) is 2. The Morgan fingerprint density at radius 1 is 1.19 bits per heavy atom. The molecule has 0 saturated carbocycles. The molecule has 1 saturated heterocycles. The lowest BCUT2D eigenvalue weighted by Gasteiger charge is -2.14. The highest BCUT2D eigenvalue weighted by atomic mass is 19.1. The molecule has 0 N–H and O–H groups in total. The molecule has 1 unspecified atom stereocenters. The monoisotopic (exact) mass is 285 g/mol. The van der Waals surface area contributed by atoms with E-state index in [1.807, 2.05) is 38.1 Å². The Labute approximate surface area is 123 Å². The number of cyclic esters (lactones) is 1. The van der Waals surface area contributed by atoms with Gasteiger partial charge in [-0.25, -0.2) is 9.18 Å². The second kappa shape index (κ2) is 5.20. The topological polar surface area (TPSA) is 29.5 Å². The molecule has 0 radical (unpaired) electrons. The van der Waals surface area contributed by atoms with Gasteiger partial charge in [-0.2, -0.15) is 0 Å². The van der Waals surface area contributed by atoms with Crippen molar-refractivity contribution in [2.24, 2.45) is 0 Å². The third kappa shape index (κ3) is 2.61. The highest BCUT2D eigenvalue weighted by Gasteiger charge is 2.29. The summed E-state index contributed by atoms with van der Waals surface area (Å²) in [5, 5.41) is 0. The van der Waals surface area contributed by atoms with Crippen molar-refractivity contribution < 1.29 is 13.9 Å². The smallest absolute Gasteiger partial charge is 0.414 e. The SMILES string of the molecule is Cc1ccc(-c2ccc(N3CC(C)OC3=O)cc2F)cc1. The van der Waals surface area contributed by atoms with Gasteiger partial charge in [-0.15, -0.1) is 0 Å². The lowest BCUT2D eigenvalue weighted by atomic mass is 10.0.